The van der Waals surface area contributed by atoms with Crippen LogP contribution in [0.15, 0.2) is 42.5 Å². The van der Waals surface area contributed by atoms with Gasteiger partial charge in [-0.25, -0.2) is 0 Å². The Bertz CT molecular complexity index is 802. The zero-order chi connectivity index (χ0) is 18.0. The van der Waals surface area contributed by atoms with Crippen molar-refractivity contribution >= 4 is 29.1 Å². The number of amides is 2. The summed E-state index contributed by atoms with van der Waals surface area (Å²) in [6, 6.07) is 13.3. The molecule has 0 radical (unpaired) electrons. The molecule has 5 heteroatoms. The molecule has 130 valence electrons. The number of halogens is 1. The van der Waals surface area contributed by atoms with Crippen LogP contribution in [0.3, 0.4) is 0 Å². The largest absolute Gasteiger partial charge is 0.352 e. The maximum Gasteiger partial charge on any atom is 0.228 e. The van der Waals surface area contributed by atoms with E-state index in [0.717, 1.165) is 22.4 Å². The first kappa shape index (κ1) is 17.5. The minimum atomic E-state index is -0.245. The summed E-state index contributed by atoms with van der Waals surface area (Å²) in [5.41, 5.74) is 3.91. The molecule has 0 saturated heterocycles. The Kier molecular flexibility index (Phi) is 5.09. The average Bonchev–Trinajstić information content (AvgIpc) is 3.38. The van der Waals surface area contributed by atoms with Gasteiger partial charge < -0.3 is 10.6 Å². The molecular weight excluding hydrogens is 336 g/mol. The molecule has 2 aromatic carbocycles. The van der Waals surface area contributed by atoms with Crippen LogP contribution in [0.2, 0.25) is 5.02 Å². The highest BCUT2D eigenvalue weighted by molar-refractivity contribution is 6.30. The third-order valence-corrected chi connectivity index (χ3v) is 4.75. The standard InChI is InChI=1S/C20H21ClN2O2/c1-12-3-4-13(2)18(9-12)23-20(25)17-10-16(17)19(24)22-11-14-5-7-15(21)8-6-14/h3-9,16-17H,10-11H2,1-2H3,(H,22,24)(H,23,25). The van der Waals surface area contributed by atoms with Crippen molar-refractivity contribution in [1.29, 1.82) is 0 Å². The lowest BCUT2D eigenvalue weighted by atomic mass is 10.1. The Balaban J connectivity index is 1.51. The fourth-order valence-corrected chi connectivity index (χ4v) is 2.92. The summed E-state index contributed by atoms with van der Waals surface area (Å²) in [6.07, 6.45) is 0.600. The second-order valence-corrected chi connectivity index (χ2v) is 7.04. The van der Waals surface area contributed by atoms with E-state index in [1.165, 1.54) is 0 Å². The maximum atomic E-state index is 12.4. The summed E-state index contributed by atoms with van der Waals surface area (Å²) in [4.78, 5) is 24.6. The highest BCUT2D eigenvalue weighted by Gasteiger charge is 2.47. The molecule has 3 rings (SSSR count). The van der Waals surface area contributed by atoms with Gasteiger partial charge in [0.2, 0.25) is 11.8 Å². The first-order valence-corrected chi connectivity index (χ1v) is 8.72. The van der Waals surface area contributed by atoms with Gasteiger partial charge in [0.15, 0.2) is 0 Å². The predicted octanol–water partition coefficient (Wildman–Crippen LogP) is 3.85. The van der Waals surface area contributed by atoms with Gasteiger partial charge in [-0.05, 0) is 55.2 Å². The molecule has 1 aliphatic rings. The fourth-order valence-electron chi connectivity index (χ4n) is 2.79. The molecule has 0 aliphatic heterocycles. The van der Waals surface area contributed by atoms with Crippen LogP contribution in [-0.4, -0.2) is 11.8 Å². The van der Waals surface area contributed by atoms with Crippen LogP contribution < -0.4 is 10.6 Å². The molecule has 0 aromatic heterocycles. The van der Waals surface area contributed by atoms with Crippen molar-refractivity contribution in [2.45, 2.75) is 26.8 Å². The van der Waals surface area contributed by atoms with Crippen LogP contribution in [0, 0.1) is 25.7 Å². The molecule has 2 aromatic rings. The number of hydrogen-bond acceptors (Lipinski definition) is 2. The molecule has 0 bridgehead atoms. The average molecular weight is 357 g/mol. The topological polar surface area (TPSA) is 58.2 Å². The van der Waals surface area contributed by atoms with E-state index >= 15 is 0 Å². The Morgan fingerprint density at radius 2 is 1.72 bits per heavy atom. The molecule has 1 fully saturated rings. The van der Waals surface area contributed by atoms with E-state index in [4.69, 9.17) is 11.6 Å². The van der Waals surface area contributed by atoms with Crippen molar-refractivity contribution in [3.63, 3.8) is 0 Å². The molecule has 2 amide bonds. The van der Waals surface area contributed by atoms with Crippen molar-refractivity contribution in [2.24, 2.45) is 11.8 Å². The molecule has 0 spiro atoms. The van der Waals surface area contributed by atoms with Crippen molar-refractivity contribution in [3.8, 4) is 0 Å². The van der Waals surface area contributed by atoms with Crippen LogP contribution in [-0.2, 0) is 16.1 Å². The molecule has 2 atom stereocenters. The van der Waals surface area contributed by atoms with Gasteiger partial charge in [0, 0.05) is 17.3 Å². The molecule has 2 unspecified atom stereocenters. The highest BCUT2D eigenvalue weighted by Crippen LogP contribution is 2.39. The summed E-state index contributed by atoms with van der Waals surface area (Å²) < 4.78 is 0. The minimum Gasteiger partial charge on any atom is -0.352 e. The molecule has 1 saturated carbocycles. The Hall–Kier alpha value is -2.33. The zero-order valence-electron chi connectivity index (χ0n) is 14.3. The molecule has 25 heavy (non-hydrogen) atoms. The number of rotatable bonds is 5. The first-order chi connectivity index (χ1) is 11.9. The molecule has 1 aliphatic carbocycles. The lowest BCUT2D eigenvalue weighted by Gasteiger charge is -2.09. The smallest absolute Gasteiger partial charge is 0.228 e. The van der Waals surface area contributed by atoms with E-state index in [1.54, 1.807) is 12.1 Å². The van der Waals surface area contributed by atoms with Crippen LogP contribution in [0.1, 0.15) is 23.1 Å². The van der Waals surface area contributed by atoms with E-state index in [2.05, 4.69) is 10.6 Å². The Morgan fingerprint density at radius 1 is 1.04 bits per heavy atom. The van der Waals surface area contributed by atoms with Crippen LogP contribution >= 0.6 is 11.6 Å². The maximum absolute atomic E-state index is 12.4. The van der Waals surface area contributed by atoms with E-state index < -0.39 is 0 Å². The van der Waals surface area contributed by atoms with Crippen molar-refractivity contribution in [2.75, 3.05) is 5.32 Å². The molecule has 4 nitrogen and oxygen atoms in total. The van der Waals surface area contributed by atoms with Gasteiger partial charge in [-0.15, -0.1) is 0 Å². The summed E-state index contributed by atoms with van der Waals surface area (Å²) in [5.74, 6) is -0.640. The van der Waals surface area contributed by atoms with Crippen molar-refractivity contribution in [1.82, 2.24) is 5.32 Å². The summed E-state index contributed by atoms with van der Waals surface area (Å²) >= 11 is 5.84. The lowest BCUT2D eigenvalue weighted by molar-refractivity contribution is -0.125. The molecule has 0 heterocycles. The van der Waals surface area contributed by atoms with E-state index in [1.807, 2.05) is 44.2 Å². The van der Waals surface area contributed by atoms with Gasteiger partial charge in [0.1, 0.15) is 0 Å². The zero-order valence-corrected chi connectivity index (χ0v) is 15.1. The number of aryl methyl sites for hydroxylation is 2. The van der Waals surface area contributed by atoms with E-state index in [-0.39, 0.29) is 23.7 Å². The second kappa shape index (κ2) is 7.28. The van der Waals surface area contributed by atoms with Gasteiger partial charge in [-0.1, -0.05) is 35.9 Å². The quantitative estimate of drug-likeness (QED) is 0.854. The summed E-state index contributed by atoms with van der Waals surface area (Å²) in [6.45, 7) is 4.38. The fraction of sp³-hybridized carbons (Fsp3) is 0.300. The van der Waals surface area contributed by atoms with Crippen LogP contribution in [0.4, 0.5) is 5.69 Å². The number of hydrogen-bond donors (Lipinski definition) is 2. The van der Waals surface area contributed by atoms with Gasteiger partial charge in [0.05, 0.1) is 11.8 Å². The summed E-state index contributed by atoms with van der Waals surface area (Å²) in [7, 11) is 0. The normalized spacial score (nSPS) is 18.5. The van der Waals surface area contributed by atoms with Crippen LogP contribution in [0.5, 0.6) is 0 Å². The SMILES string of the molecule is Cc1ccc(C)c(NC(=O)C2CC2C(=O)NCc2ccc(Cl)cc2)c1. The monoisotopic (exact) mass is 356 g/mol. The Morgan fingerprint density at radius 3 is 2.44 bits per heavy atom. The van der Waals surface area contributed by atoms with Crippen LogP contribution in [0.25, 0.3) is 0 Å². The van der Waals surface area contributed by atoms with Crippen molar-refractivity contribution in [3.05, 3.63) is 64.2 Å². The molecule has 2 N–H and O–H groups in total. The van der Waals surface area contributed by atoms with E-state index in [9.17, 15) is 9.59 Å². The third-order valence-electron chi connectivity index (χ3n) is 4.49. The number of carbonyl (C=O) groups is 2. The van der Waals surface area contributed by atoms with Gasteiger partial charge in [-0.3, -0.25) is 9.59 Å². The van der Waals surface area contributed by atoms with Gasteiger partial charge in [-0.2, -0.15) is 0 Å². The van der Waals surface area contributed by atoms with Gasteiger partial charge in [0.25, 0.3) is 0 Å². The highest BCUT2D eigenvalue weighted by atomic mass is 35.5. The lowest BCUT2D eigenvalue weighted by Crippen LogP contribution is -2.27. The van der Waals surface area contributed by atoms with Gasteiger partial charge >= 0.3 is 0 Å². The Labute approximate surface area is 152 Å². The number of anilines is 1. The third kappa shape index (κ3) is 4.40. The predicted molar refractivity (Wildman–Crippen MR) is 99.4 cm³/mol. The second-order valence-electron chi connectivity index (χ2n) is 6.60. The number of benzene rings is 2. The number of nitrogens with one attached hydrogen (secondary N) is 2. The number of carbonyl (C=O) groups excluding carboxylic acids is 2. The van der Waals surface area contributed by atoms with E-state index in [0.29, 0.717) is 18.0 Å². The minimum absolute atomic E-state index is 0.0731. The van der Waals surface area contributed by atoms with Crippen molar-refractivity contribution < 1.29 is 9.59 Å². The molecular formula is C20H21ClN2O2. The first-order valence-electron chi connectivity index (χ1n) is 8.34. The summed E-state index contributed by atoms with van der Waals surface area (Å²) in [5, 5.41) is 6.50.